The van der Waals surface area contributed by atoms with Crippen molar-refractivity contribution >= 4 is 16.8 Å². The summed E-state index contributed by atoms with van der Waals surface area (Å²) in [6.07, 6.45) is 4.18. The van der Waals surface area contributed by atoms with E-state index >= 15 is 0 Å². The molecule has 1 aromatic heterocycles. The molecular weight excluding hydrogens is 327 g/mol. The van der Waals surface area contributed by atoms with Gasteiger partial charge in [0.1, 0.15) is 5.82 Å². The molecule has 1 fully saturated rings. The first-order chi connectivity index (χ1) is 12.7. The lowest BCUT2D eigenvalue weighted by molar-refractivity contribution is -0.129. The monoisotopic (exact) mass is 348 g/mol. The van der Waals surface area contributed by atoms with Crippen molar-refractivity contribution in [1.82, 2.24) is 9.88 Å². The standard InChI is InChI=1S/C22H21FN2O/c23-19-7-5-16(6-8-19)14-22(26)25-12-10-17(15-25)13-18-9-11-24-21-4-2-1-3-20(18)21/h1-9,11,17H,10,12-15H2. The lowest BCUT2D eigenvalue weighted by atomic mass is 9.96. The number of rotatable bonds is 4. The Morgan fingerprint density at radius 3 is 2.77 bits per heavy atom. The van der Waals surface area contributed by atoms with Gasteiger partial charge in [-0.3, -0.25) is 9.78 Å². The topological polar surface area (TPSA) is 33.2 Å². The number of para-hydroxylation sites is 1. The van der Waals surface area contributed by atoms with Crippen molar-refractivity contribution < 1.29 is 9.18 Å². The summed E-state index contributed by atoms with van der Waals surface area (Å²) in [5.41, 5.74) is 3.18. The smallest absolute Gasteiger partial charge is 0.226 e. The van der Waals surface area contributed by atoms with E-state index in [1.807, 2.05) is 29.3 Å². The highest BCUT2D eigenvalue weighted by Crippen LogP contribution is 2.25. The summed E-state index contributed by atoms with van der Waals surface area (Å²) < 4.78 is 13.0. The molecule has 0 aliphatic carbocycles. The van der Waals surface area contributed by atoms with Gasteiger partial charge < -0.3 is 4.90 Å². The highest BCUT2D eigenvalue weighted by atomic mass is 19.1. The van der Waals surface area contributed by atoms with Crippen molar-refractivity contribution in [2.24, 2.45) is 5.92 Å². The molecule has 26 heavy (non-hydrogen) atoms. The summed E-state index contributed by atoms with van der Waals surface area (Å²) >= 11 is 0. The van der Waals surface area contributed by atoms with Crippen LogP contribution in [-0.4, -0.2) is 28.9 Å². The van der Waals surface area contributed by atoms with Crippen LogP contribution in [-0.2, 0) is 17.6 Å². The van der Waals surface area contributed by atoms with Gasteiger partial charge in [0.05, 0.1) is 11.9 Å². The van der Waals surface area contributed by atoms with Crippen LogP contribution in [0.4, 0.5) is 4.39 Å². The SMILES string of the molecule is O=C(Cc1ccc(F)cc1)N1CCC(Cc2ccnc3ccccc23)C1. The molecule has 1 amide bonds. The molecule has 3 nitrogen and oxygen atoms in total. The summed E-state index contributed by atoms with van der Waals surface area (Å²) in [4.78, 5) is 18.9. The van der Waals surface area contributed by atoms with Crippen molar-refractivity contribution in [3.05, 3.63) is 77.7 Å². The van der Waals surface area contributed by atoms with Gasteiger partial charge in [-0.2, -0.15) is 0 Å². The average Bonchev–Trinajstić information content (AvgIpc) is 3.13. The minimum Gasteiger partial charge on any atom is -0.342 e. The van der Waals surface area contributed by atoms with E-state index in [0.29, 0.717) is 12.3 Å². The summed E-state index contributed by atoms with van der Waals surface area (Å²) in [5.74, 6) is 0.323. The van der Waals surface area contributed by atoms with Crippen LogP contribution in [0.3, 0.4) is 0 Å². The summed E-state index contributed by atoms with van der Waals surface area (Å²) in [7, 11) is 0. The molecule has 132 valence electrons. The molecule has 0 radical (unpaired) electrons. The number of amides is 1. The van der Waals surface area contributed by atoms with E-state index in [0.717, 1.165) is 37.0 Å². The molecule has 4 heteroatoms. The summed E-state index contributed by atoms with van der Waals surface area (Å²) in [6.45, 7) is 1.59. The Kier molecular flexibility index (Phi) is 4.65. The zero-order valence-electron chi connectivity index (χ0n) is 14.6. The predicted octanol–water partition coefficient (Wildman–Crippen LogP) is 4.01. The molecule has 1 unspecified atom stereocenters. The van der Waals surface area contributed by atoms with Gasteiger partial charge in [-0.25, -0.2) is 4.39 Å². The normalized spacial score (nSPS) is 17.0. The van der Waals surface area contributed by atoms with Crippen LogP contribution in [0.25, 0.3) is 10.9 Å². The summed E-state index contributed by atoms with van der Waals surface area (Å²) in [6, 6.07) is 16.5. The maximum atomic E-state index is 13.0. The van der Waals surface area contributed by atoms with Crippen LogP contribution in [0, 0.1) is 11.7 Å². The molecule has 0 spiro atoms. The zero-order valence-corrected chi connectivity index (χ0v) is 14.6. The van der Waals surface area contributed by atoms with Gasteiger partial charge in [0.25, 0.3) is 0 Å². The van der Waals surface area contributed by atoms with Gasteiger partial charge in [-0.05, 0) is 54.2 Å². The summed E-state index contributed by atoms with van der Waals surface area (Å²) in [5, 5.41) is 1.20. The predicted molar refractivity (Wildman–Crippen MR) is 100 cm³/mol. The van der Waals surface area contributed by atoms with E-state index in [1.165, 1.54) is 23.1 Å². The van der Waals surface area contributed by atoms with Gasteiger partial charge >= 0.3 is 0 Å². The van der Waals surface area contributed by atoms with E-state index in [9.17, 15) is 9.18 Å². The third-order valence-corrected chi connectivity index (χ3v) is 5.16. The van der Waals surface area contributed by atoms with E-state index in [2.05, 4.69) is 17.1 Å². The molecule has 2 aromatic carbocycles. The Morgan fingerprint density at radius 2 is 1.92 bits per heavy atom. The first-order valence-corrected chi connectivity index (χ1v) is 9.04. The van der Waals surface area contributed by atoms with E-state index in [-0.39, 0.29) is 11.7 Å². The quantitative estimate of drug-likeness (QED) is 0.714. The maximum Gasteiger partial charge on any atom is 0.226 e. The second kappa shape index (κ2) is 7.24. The Hall–Kier alpha value is -2.75. The lowest BCUT2D eigenvalue weighted by Crippen LogP contribution is -2.30. The average molecular weight is 348 g/mol. The first-order valence-electron chi connectivity index (χ1n) is 9.04. The van der Waals surface area contributed by atoms with Crippen LogP contribution in [0.1, 0.15) is 17.5 Å². The fourth-order valence-electron chi connectivity index (χ4n) is 3.76. The maximum absolute atomic E-state index is 13.0. The number of halogens is 1. The molecule has 3 aromatic rings. The Bertz CT molecular complexity index is 918. The minimum atomic E-state index is -0.271. The van der Waals surface area contributed by atoms with Gasteiger partial charge in [-0.15, -0.1) is 0 Å². The molecule has 0 saturated carbocycles. The van der Waals surface area contributed by atoms with Gasteiger partial charge in [0, 0.05) is 24.7 Å². The Labute approximate surface area is 152 Å². The molecular formula is C22H21FN2O. The Balaban J connectivity index is 1.40. The molecule has 1 saturated heterocycles. The number of carbonyl (C=O) groups excluding carboxylic acids is 1. The third kappa shape index (κ3) is 3.59. The van der Waals surface area contributed by atoms with E-state index in [4.69, 9.17) is 0 Å². The van der Waals surface area contributed by atoms with Crippen LogP contribution in [0.5, 0.6) is 0 Å². The number of hydrogen-bond acceptors (Lipinski definition) is 2. The molecule has 1 atom stereocenters. The van der Waals surface area contributed by atoms with Gasteiger partial charge in [-0.1, -0.05) is 30.3 Å². The van der Waals surface area contributed by atoms with Crippen molar-refractivity contribution in [2.75, 3.05) is 13.1 Å². The van der Waals surface area contributed by atoms with Crippen LogP contribution < -0.4 is 0 Å². The van der Waals surface area contributed by atoms with Crippen molar-refractivity contribution in [3.63, 3.8) is 0 Å². The number of benzene rings is 2. The van der Waals surface area contributed by atoms with E-state index in [1.54, 1.807) is 12.1 Å². The number of likely N-dealkylation sites (tertiary alicyclic amines) is 1. The molecule has 2 heterocycles. The van der Waals surface area contributed by atoms with Crippen molar-refractivity contribution in [1.29, 1.82) is 0 Å². The van der Waals surface area contributed by atoms with Gasteiger partial charge in [0.15, 0.2) is 0 Å². The zero-order chi connectivity index (χ0) is 17.9. The second-order valence-electron chi connectivity index (χ2n) is 6.99. The van der Waals surface area contributed by atoms with Crippen LogP contribution in [0.2, 0.25) is 0 Å². The highest BCUT2D eigenvalue weighted by Gasteiger charge is 2.26. The fourth-order valence-corrected chi connectivity index (χ4v) is 3.76. The second-order valence-corrected chi connectivity index (χ2v) is 6.99. The first kappa shape index (κ1) is 16.7. The van der Waals surface area contributed by atoms with Crippen LogP contribution in [0.15, 0.2) is 60.8 Å². The molecule has 0 N–H and O–H groups in total. The highest BCUT2D eigenvalue weighted by molar-refractivity contribution is 5.82. The fraction of sp³-hybridized carbons (Fsp3) is 0.273. The van der Waals surface area contributed by atoms with Crippen molar-refractivity contribution in [3.8, 4) is 0 Å². The molecule has 1 aliphatic rings. The molecule has 4 rings (SSSR count). The molecule has 0 bridgehead atoms. The van der Waals surface area contributed by atoms with Crippen molar-refractivity contribution in [2.45, 2.75) is 19.3 Å². The largest absolute Gasteiger partial charge is 0.342 e. The minimum absolute atomic E-state index is 0.124. The van der Waals surface area contributed by atoms with Gasteiger partial charge in [0.2, 0.25) is 5.91 Å². The number of pyridine rings is 1. The number of nitrogens with zero attached hydrogens (tertiary/aromatic N) is 2. The number of fused-ring (bicyclic) bond motifs is 1. The number of carbonyl (C=O) groups is 1. The molecule has 1 aliphatic heterocycles. The van der Waals surface area contributed by atoms with E-state index < -0.39 is 0 Å². The Morgan fingerprint density at radius 1 is 1.12 bits per heavy atom. The third-order valence-electron chi connectivity index (χ3n) is 5.16. The lowest BCUT2D eigenvalue weighted by Gasteiger charge is -2.17. The van der Waals surface area contributed by atoms with Crippen LogP contribution >= 0.6 is 0 Å². The number of hydrogen-bond donors (Lipinski definition) is 0. The number of aromatic nitrogens is 1.